The Labute approximate surface area is 154 Å². The molecule has 5 nitrogen and oxygen atoms in total. The van der Waals surface area contributed by atoms with E-state index in [0.717, 1.165) is 30.6 Å². The number of nitrogens with zero attached hydrogens (tertiary/aromatic N) is 1. The molecule has 26 heavy (non-hydrogen) atoms. The van der Waals surface area contributed by atoms with Crippen molar-refractivity contribution in [3.05, 3.63) is 47.2 Å². The van der Waals surface area contributed by atoms with Gasteiger partial charge in [0.1, 0.15) is 0 Å². The van der Waals surface area contributed by atoms with Crippen LogP contribution in [0.4, 0.5) is 0 Å². The third kappa shape index (κ3) is 4.09. The molecule has 3 atom stereocenters. The maximum Gasteiger partial charge on any atom is 0.288 e. The van der Waals surface area contributed by atoms with Gasteiger partial charge >= 0.3 is 0 Å². The molecule has 0 aliphatic carbocycles. The van der Waals surface area contributed by atoms with Crippen LogP contribution in [-0.2, 0) is 14.3 Å². The first-order valence-corrected chi connectivity index (χ1v) is 9.14. The molecule has 0 saturated carbocycles. The van der Waals surface area contributed by atoms with Gasteiger partial charge in [-0.3, -0.25) is 4.79 Å². The molecule has 2 aliphatic heterocycles. The standard InChI is InChI=1S/C21H25NO4/c1-3-15-7-9-16(10-8-15)18-14-19(20(24)22-11-12-22)26-21(25-4-2)17(18)6-5-13-23/h1,7-10,14,17-18,21,23H,4-6,11-13H2,2H3/t17-,18-,21-/m1/s1. The lowest BCUT2D eigenvalue weighted by atomic mass is 9.80. The van der Waals surface area contributed by atoms with Gasteiger partial charge in [-0.15, -0.1) is 6.42 Å². The van der Waals surface area contributed by atoms with Crippen molar-refractivity contribution in [2.24, 2.45) is 5.92 Å². The van der Waals surface area contributed by atoms with Crippen LogP contribution in [0.5, 0.6) is 0 Å². The van der Waals surface area contributed by atoms with Crippen molar-refractivity contribution in [1.82, 2.24) is 4.90 Å². The van der Waals surface area contributed by atoms with E-state index in [-0.39, 0.29) is 24.3 Å². The van der Waals surface area contributed by atoms with Gasteiger partial charge in [0.25, 0.3) is 5.91 Å². The molecule has 1 saturated heterocycles. The van der Waals surface area contributed by atoms with Crippen molar-refractivity contribution in [3.8, 4) is 12.3 Å². The summed E-state index contributed by atoms with van der Waals surface area (Å²) >= 11 is 0. The van der Waals surface area contributed by atoms with Crippen molar-refractivity contribution in [2.75, 3.05) is 26.3 Å². The summed E-state index contributed by atoms with van der Waals surface area (Å²) in [7, 11) is 0. The highest BCUT2D eigenvalue weighted by Crippen LogP contribution is 2.40. The highest BCUT2D eigenvalue weighted by molar-refractivity contribution is 5.93. The molecule has 5 heteroatoms. The topological polar surface area (TPSA) is 58.8 Å². The molecule has 1 N–H and O–H groups in total. The molecule has 1 aromatic rings. The quantitative estimate of drug-likeness (QED) is 0.602. The van der Waals surface area contributed by atoms with Crippen LogP contribution in [0, 0.1) is 18.3 Å². The second-order valence-electron chi connectivity index (χ2n) is 6.59. The number of terminal acetylenes is 1. The van der Waals surface area contributed by atoms with E-state index < -0.39 is 6.29 Å². The third-order valence-corrected chi connectivity index (χ3v) is 4.82. The second-order valence-corrected chi connectivity index (χ2v) is 6.59. The average Bonchev–Trinajstić information content (AvgIpc) is 3.51. The molecule has 2 heterocycles. The van der Waals surface area contributed by atoms with Crippen molar-refractivity contribution in [1.29, 1.82) is 0 Å². The minimum atomic E-state index is -0.507. The van der Waals surface area contributed by atoms with Gasteiger partial charge in [-0.2, -0.15) is 0 Å². The van der Waals surface area contributed by atoms with Gasteiger partial charge in [0.05, 0.1) is 0 Å². The Morgan fingerprint density at radius 1 is 1.38 bits per heavy atom. The number of benzene rings is 1. The molecule has 1 amide bonds. The van der Waals surface area contributed by atoms with Crippen molar-refractivity contribution >= 4 is 5.91 Å². The fourth-order valence-electron chi connectivity index (χ4n) is 3.35. The number of aliphatic hydroxyl groups is 1. The Morgan fingerprint density at radius 3 is 2.69 bits per heavy atom. The predicted molar refractivity (Wildman–Crippen MR) is 98.1 cm³/mol. The lowest BCUT2D eigenvalue weighted by molar-refractivity contribution is -0.168. The van der Waals surface area contributed by atoms with Gasteiger partial charge in [-0.05, 0) is 43.5 Å². The molecule has 0 spiro atoms. The minimum Gasteiger partial charge on any atom is -0.459 e. The van der Waals surface area contributed by atoms with E-state index in [4.69, 9.17) is 15.9 Å². The van der Waals surface area contributed by atoms with Crippen LogP contribution in [0.15, 0.2) is 36.1 Å². The van der Waals surface area contributed by atoms with Crippen LogP contribution in [0.25, 0.3) is 0 Å². The first-order valence-electron chi connectivity index (χ1n) is 9.14. The Morgan fingerprint density at radius 2 is 2.12 bits per heavy atom. The van der Waals surface area contributed by atoms with Crippen molar-refractivity contribution in [2.45, 2.75) is 32.0 Å². The van der Waals surface area contributed by atoms with Gasteiger partial charge in [0, 0.05) is 43.7 Å². The number of allylic oxidation sites excluding steroid dienone is 1. The smallest absolute Gasteiger partial charge is 0.288 e. The van der Waals surface area contributed by atoms with Crippen LogP contribution in [-0.4, -0.2) is 48.5 Å². The molecule has 0 aromatic heterocycles. The minimum absolute atomic E-state index is 0.0181. The van der Waals surface area contributed by atoms with Crippen molar-refractivity contribution in [3.63, 3.8) is 0 Å². The van der Waals surface area contributed by atoms with E-state index in [1.165, 1.54) is 0 Å². The molecule has 138 valence electrons. The summed E-state index contributed by atoms with van der Waals surface area (Å²) in [5.74, 6) is 2.88. The first-order chi connectivity index (χ1) is 12.7. The van der Waals surface area contributed by atoms with E-state index in [1.54, 1.807) is 4.90 Å². The monoisotopic (exact) mass is 355 g/mol. The van der Waals surface area contributed by atoms with E-state index >= 15 is 0 Å². The van der Waals surface area contributed by atoms with Crippen LogP contribution in [0.2, 0.25) is 0 Å². The number of amides is 1. The normalized spacial score (nSPS) is 24.4. The summed E-state index contributed by atoms with van der Waals surface area (Å²) in [6.07, 6.45) is 8.25. The fraction of sp³-hybridized carbons (Fsp3) is 0.476. The summed E-state index contributed by atoms with van der Waals surface area (Å²) in [6, 6.07) is 7.80. The van der Waals surface area contributed by atoms with Gasteiger partial charge in [-0.1, -0.05) is 18.1 Å². The lowest BCUT2D eigenvalue weighted by Gasteiger charge is -2.37. The zero-order chi connectivity index (χ0) is 18.5. The number of hydrogen-bond acceptors (Lipinski definition) is 4. The van der Waals surface area contributed by atoms with Gasteiger partial charge in [-0.25, -0.2) is 0 Å². The molecular weight excluding hydrogens is 330 g/mol. The average molecular weight is 355 g/mol. The maximum absolute atomic E-state index is 12.5. The highest BCUT2D eigenvalue weighted by Gasteiger charge is 2.40. The summed E-state index contributed by atoms with van der Waals surface area (Å²) in [5, 5.41) is 9.28. The number of carbonyl (C=O) groups is 1. The Hall–Kier alpha value is -2.29. The third-order valence-electron chi connectivity index (χ3n) is 4.82. The lowest BCUT2D eigenvalue weighted by Crippen LogP contribution is -2.37. The second kappa shape index (κ2) is 8.39. The van der Waals surface area contributed by atoms with E-state index in [2.05, 4.69) is 5.92 Å². The van der Waals surface area contributed by atoms with Crippen molar-refractivity contribution < 1.29 is 19.4 Å². The van der Waals surface area contributed by atoms with Crippen LogP contribution in [0.1, 0.15) is 36.8 Å². The molecule has 1 aromatic carbocycles. The number of carbonyl (C=O) groups excluding carboxylic acids is 1. The Balaban J connectivity index is 1.94. The van der Waals surface area contributed by atoms with Gasteiger partial charge in [0.2, 0.25) is 6.29 Å². The Bertz CT molecular complexity index is 700. The Kier molecular flexibility index (Phi) is 5.97. The number of hydrogen-bond donors (Lipinski definition) is 1. The summed E-state index contributed by atoms with van der Waals surface area (Å²) in [4.78, 5) is 14.3. The van der Waals surface area contributed by atoms with Gasteiger partial charge < -0.3 is 19.5 Å². The number of ether oxygens (including phenoxy) is 2. The zero-order valence-corrected chi connectivity index (χ0v) is 15.1. The fourth-order valence-corrected chi connectivity index (χ4v) is 3.35. The zero-order valence-electron chi connectivity index (χ0n) is 15.1. The number of rotatable bonds is 7. The molecule has 0 bridgehead atoms. The summed E-state index contributed by atoms with van der Waals surface area (Å²) < 4.78 is 11.8. The van der Waals surface area contributed by atoms with E-state index in [0.29, 0.717) is 18.8 Å². The molecule has 0 unspecified atom stereocenters. The van der Waals surface area contributed by atoms with Gasteiger partial charge in [0.15, 0.2) is 5.76 Å². The largest absolute Gasteiger partial charge is 0.459 e. The van der Waals surface area contributed by atoms with E-state index in [9.17, 15) is 9.90 Å². The first kappa shape index (κ1) is 18.5. The predicted octanol–water partition coefficient (Wildman–Crippen LogP) is 2.26. The molecule has 1 fully saturated rings. The number of aliphatic hydroxyl groups excluding tert-OH is 1. The maximum atomic E-state index is 12.5. The van der Waals surface area contributed by atoms with Crippen LogP contribution >= 0.6 is 0 Å². The molecular formula is C21H25NO4. The molecule has 3 rings (SSSR count). The molecule has 0 radical (unpaired) electrons. The summed E-state index contributed by atoms with van der Waals surface area (Å²) in [5.41, 5.74) is 1.88. The summed E-state index contributed by atoms with van der Waals surface area (Å²) in [6.45, 7) is 4.06. The van der Waals surface area contributed by atoms with Crippen LogP contribution < -0.4 is 0 Å². The van der Waals surface area contributed by atoms with E-state index in [1.807, 2.05) is 37.3 Å². The van der Waals surface area contributed by atoms with Crippen LogP contribution in [0.3, 0.4) is 0 Å². The highest BCUT2D eigenvalue weighted by atomic mass is 16.7. The molecule has 2 aliphatic rings. The SMILES string of the molecule is C#Cc1ccc([C@H]2C=C(C(=O)N3CC3)O[C@@H](OCC)[C@@H]2CCCO)cc1.